The van der Waals surface area contributed by atoms with E-state index in [1.165, 1.54) is 29.1 Å². The molecule has 2 heterocycles. The molecule has 4 aromatic rings. The van der Waals surface area contributed by atoms with Gasteiger partial charge in [-0.05, 0) is 42.0 Å². The molecular weight excluding hydrogens is 488 g/mol. The molecule has 2 aliphatic rings. The Balaban J connectivity index is 1.34. The normalized spacial score (nSPS) is 17.1. The van der Waals surface area contributed by atoms with E-state index < -0.39 is 10.0 Å². The van der Waals surface area contributed by atoms with E-state index in [-0.39, 0.29) is 0 Å². The van der Waals surface area contributed by atoms with Gasteiger partial charge in [-0.25, -0.2) is 13.4 Å². The minimum Gasteiger partial charge on any atom is -0.379 e. The maximum Gasteiger partial charge on any atom is 0.243 e. The average Bonchev–Trinajstić information content (AvgIpc) is 3.35. The van der Waals surface area contributed by atoms with E-state index in [1.54, 1.807) is 23.5 Å². The molecule has 36 heavy (non-hydrogen) atoms. The van der Waals surface area contributed by atoms with Crippen LogP contribution in [-0.2, 0) is 14.8 Å². The maximum atomic E-state index is 13.0. The third kappa shape index (κ3) is 4.52. The van der Waals surface area contributed by atoms with Crippen molar-refractivity contribution in [2.75, 3.05) is 26.3 Å². The lowest BCUT2D eigenvalue weighted by Gasteiger charge is -2.26. The van der Waals surface area contributed by atoms with Crippen molar-refractivity contribution in [1.29, 1.82) is 0 Å². The molecule has 7 heteroatoms. The highest BCUT2D eigenvalue weighted by Gasteiger charge is 2.26. The van der Waals surface area contributed by atoms with Crippen LogP contribution in [0.15, 0.2) is 83.8 Å². The van der Waals surface area contributed by atoms with Gasteiger partial charge in [0, 0.05) is 24.2 Å². The van der Waals surface area contributed by atoms with E-state index >= 15 is 0 Å². The molecule has 1 aliphatic carbocycles. The van der Waals surface area contributed by atoms with Crippen molar-refractivity contribution in [2.45, 2.75) is 30.1 Å². The summed E-state index contributed by atoms with van der Waals surface area (Å²) in [6.45, 7) is 1.64. The first-order valence-corrected chi connectivity index (χ1v) is 14.7. The zero-order valence-corrected chi connectivity index (χ0v) is 21.6. The van der Waals surface area contributed by atoms with Gasteiger partial charge >= 0.3 is 0 Å². The van der Waals surface area contributed by atoms with Crippen molar-refractivity contribution < 1.29 is 13.2 Å². The Hall–Kier alpha value is -2.84. The van der Waals surface area contributed by atoms with E-state index in [0.717, 1.165) is 32.3 Å². The summed E-state index contributed by atoms with van der Waals surface area (Å²) in [5, 5.41) is 0.877. The molecule has 6 rings (SSSR count). The molecule has 2 fully saturated rings. The average molecular weight is 517 g/mol. The summed E-state index contributed by atoms with van der Waals surface area (Å²) in [6.07, 6.45) is 3.89. The monoisotopic (exact) mass is 516 g/mol. The molecule has 0 radical (unpaired) electrons. The molecule has 1 saturated carbocycles. The fourth-order valence-electron chi connectivity index (χ4n) is 4.78. The molecule has 0 atom stereocenters. The van der Waals surface area contributed by atoms with E-state index in [9.17, 15) is 8.42 Å². The first-order valence-electron chi connectivity index (χ1n) is 12.4. The molecule has 1 saturated heterocycles. The predicted molar refractivity (Wildman–Crippen MR) is 145 cm³/mol. The fraction of sp³-hybridized carbons (Fsp3) is 0.276. The zero-order chi connectivity index (χ0) is 24.5. The number of ether oxygens (including phenoxy) is 1. The van der Waals surface area contributed by atoms with Crippen molar-refractivity contribution in [3.8, 4) is 32.3 Å². The smallest absolute Gasteiger partial charge is 0.243 e. The van der Waals surface area contributed by atoms with Gasteiger partial charge in [0.1, 0.15) is 5.01 Å². The second kappa shape index (κ2) is 9.90. The van der Waals surface area contributed by atoms with Crippen LogP contribution in [0.1, 0.15) is 30.7 Å². The highest BCUT2D eigenvalue weighted by molar-refractivity contribution is 7.89. The van der Waals surface area contributed by atoms with Gasteiger partial charge in [-0.1, -0.05) is 73.2 Å². The van der Waals surface area contributed by atoms with Gasteiger partial charge in [0.25, 0.3) is 0 Å². The third-order valence-electron chi connectivity index (χ3n) is 7.13. The van der Waals surface area contributed by atoms with Gasteiger partial charge in [-0.3, -0.25) is 0 Å². The van der Waals surface area contributed by atoms with Crippen LogP contribution in [0.3, 0.4) is 0 Å². The van der Waals surface area contributed by atoms with Crippen LogP contribution in [0.25, 0.3) is 32.3 Å². The number of morpholine rings is 1. The minimum atomic E-state index is -3.52. The molecule has 1 aliphatic heterocycles. The standard InChI is InChI=1S/C29H28N2O3S2/c32-36(33,31-17-19-34-20-18-31)26-15-13-25(14-16-26)29-30-27(28(35-29)24-5-2-1-3-6-24)23-11-9-22(10-12-23)21-7-4-8-21/h1-3,5-6,9-16,21H,4,7-8,17-20H2. The quantitative estimate of drug-likeness (QED) is 0.296. The SMILES string of the molecule is O=S(=O)(c1ccc(-c2nc(-c3ccc(C4CCC4)cc3)c(-c3ccccc3)s2)cc1)N1CCOCC1. The summed E-state index contributed by atoms with van der Waals surface area (Å²) < 4.78 is 32.8. The molecule has 0 amide bonds. The van der Waals surface area contributed by atoms with Gasteiger partial charge in [-0.2, -0.15) is 4.31 Å². The highest BCUT2D eigenvalue weighted by Crippen LogP contribution is 2.42. The van der Waals surface area contributed by atoms with Crippen LogP contribution in [0.5, 0.6) is 0 Å². The summed E-state index contributed by atoms with van der Waals surface area (Å²) in [6, 6.07) is 26.3. The molecule has 0 spiro atoms. The molecule has 5 nitrogen and oxygen atoms in total. The van der Waals surface area contributed by atoms with Gasteiger partial charge in [0.2, 0.25) is 10.0 Å². The van der Waals surface area contributed by atoms with Crippen molar-refractivity contribution in [3.63, 3.8) is 0 Å². The van der Waals surface area contributed by atoms with Gasteiger partial charge < -0.3 is 4.74 Å². The Bertz CT molecular complexity index is 1440. The van der Waals surface area contributed by atoms with Crippen LogP contribution in [0, 0.1) is 0 Å². The minimum absolute atomic E-state index is 0.305. The van der Waals surface area contributed by atoms with Gasteiger partial charge in [-0.15, -0.1) is 11.3 Å². The number of thiazole rings is 1. The van der Waals surface area contributed by atoms with Gasteiger partial charge in [0.05, 0.1) is 28.7 Å². The van der Waals surface area contributed by atoms with Crippen LogP contribution in [-0.4, -0.2) is 44.0 Å². The largest absolute Gasteiger partial charge is 0.379 e. The van der Waals surface area contributed by atoms with E-state index in [0.29, 0.717) is 37.1 Å². The number of hydrogen-bond acceptors (Lipinski definition) is 5. The Morgan fingerprint density at radius 3 is 2.11 bits per heavy atom. The van der Waals surface area contributed by atoms with Crippen molar-refractivity contribution in [1.82, 2.24) is 9.29 Å². The van der Waals surface area contributed by atoms with Crippen LogP contribution < -0.4 is 0 Å². The van der Waals surface area contributed by atoms with Crippen molar-refractivity contribution in [2.24, 2.45) is 0 Å². The molecule has 1 aromatic heterocycles. The van der Waals surface area contributed by atoms with Crippen molar-refractivity contribution in [3.05, 3.63) is 84.4 Å². The maximum absolute atomic E-state index is 13.0. The Labute approximate surface area is 216 Å². The Morgan fingerprint density at radius 2 is 1.47 bits per heavy atom. The molecule has 0 unspecified atom stereocenters. The molecule has 0 bridgehead atoms. The van der Waals surface area contributed by atoms with Crippen LogP contribution >= 0.6 is 11.3 Å². The van der Waals surface area contributed by atoms with E-state index in [1.807, 2.05) is 30.3 Å². The Morgan fingerprint density at radius 1 is 0.806 bits per heavy atom. The van der Waals surface area contributed by atoms with Crippen LogP contribution in [0.4, 0.5) is 0 Å². The number of sulfonamides is 1. The van der Waals surface area contributed by atoms with Crippen molar-refractivity contribution >= 4 is 21.4 Å². The van der Waals surface area contributed by atoms with E-state index in [4.69, 9.17) is 9.72 Å². The summed E-state index contributed by atoms with van der Waals surface area (Å²) in [4.78, 5) is 6.48. The number of hydrogen-bond donors (Lipinski definition) is 0. The fourth-order valence-corrected chi connectivity index (χ4v) is 7.29. The van der Waals surface area contributed by atoms with Gasteiger partial charge in [0.15, 0.2) is 0 Å². The van der Waals surface area contributed by atoms with E-state index in [2.05, 4.69) is 36.4 Å². The molecule has 3 aromatic carbocycles. The predicted octanol–water partition coefficient (Wildman–Crippen LogP) is 6.43. The topological polar surface area (TPSA) is 59.5 Å². The second-order valence-electron chi connectivity index (χ2n) is 9.35. The molecule has 0 N–H and O–H groups in total. The summed E-state index contributed by atoms with van der Waals surface area (Å²) in [5.41, 5.74) is 5.53. The number of benzene rings is 3. The second-order valence-corrected chi connectivity index (χ2v) is 12.3. The number of rotatable bonds is 6. The first kappa shape index (κ1) is 23.6. The lowest BCUT2D eigenvalue weighted by molar-refractivity contribution is 0.0730. The highest BCUT2D eigenvalue weighted by atomic mass is 32.2. The number of aromatic nitrogens is 1. The van der Waals surface area contributed by atoms with Crippen LogP contribution in [0.2, 0.25) is 0 Å². The Kier molecular flexibility index (Phi) is 6.48. The zero-order valence-electron chi connectivity index (χ0n) is 20.0. The first-order chi connectivity index (χ1) is 17.6. The number of nitrogens with zero attached hydrogens (tertiary/aromatic N) is 2. The molecule has 184 valence electrons. The third-order valence-corrected chi connectivity index (χ3v) is 10.2. The summed E-state index contributed by atoms with van der Waals surface area (Å²) in [7, 11) is -3.52. The summed E-state index contributed by atoms with van der Waals surface area (Å²) in [5.74, 6) is 0.700. The summed E-state index contributed by atoms with van der Waals surface area (Å²) >= 11 is 1.64. The molecular formula is C29H28N2O3S2. The lowest BCUT2D eigenvalue weighted by atomic mass is 9.80. The lowest BCUT2D eigenvalue weighted by Crippen LogP contribution is -2.40.